The molecule has 42 heavy (non-hydrogen) atoms. The second kappa shape index (κ2) is 12.0. The van der Waals surface area contributed by atoms with Gasteiger partial charge in [-0.1, -0.05) is 61.9 Å². The number of fused-ring (bicyclic) bond motifs is 3. The van der Waals surface area contributed by atoms with Crippen LogP contribution >= 0.6 is 11.8 Å². The summed E-state index contributed by atoms with van der Waals surface area (Å²) >= 11 is 1.46. The van der Waals surface area contributed by atoms with Crippen molar-refractivity contribution in [2.75, 3.05) is 6.26 Å². The molecule has 0 saturated carbocycles. The first-order valence-electron chi connectivity index (χ1n) is 13.5. The van der Waals surface area contributed by atoms with Gasteiger partial charge in [0.25, 0.3) is 11.4 Å². The Hall–Kier alpha value is -4.70. The Bertz CT molecular complexity index is 1850. The fourth-order valence-corrected chi connectivity index (χ4v) is 6.59. The van der Waals surface area contributed by atoms with Gasteiger partial charge in [0.2, 0.25) is 0 Å². The molecular formula is C32H29N3O6S. The molecule has 10 heteroatoms. The summed E-state index contributed by atoms with van der Waals surface area (Å²) in [5, 5.41) is 35.4. The van der Waals surface area contributed by atoms with E-state index in [1.807, 2.05) is 36.6 Å². The normalized spacial score (nSPS) is 12.0. The van der Waals surface area contributed by atoms with Crippen molar-refractivity contribution in [2.24, 2.45) is 0 Å². The number of hydrogen-bond acceptors (Lipinski definition) is 6. The Morgan fingerprint density at radius 3 is 2.19 bits per heavy atom. The molecule has 1 unspecified atom stereocenters. The van der Waals surface area contributed by atoms with Crippen molar-refractivity contribution in [1.29, 1.82) is 0 Å². The first kappa shape index (κ1) is 28.8. The van der Waals surface area contributed by atoms with Crippen LogP contribution in [0.25, 0.3) is 21.8 Å². The molecule has 0 spiro atoms. The van der Waals surface area contributed by atoms with Crippen LogP contribution in [-0.4, -0.2) is 31.7 Å². The van der Waals surface area contributed by atoms with E-state index in [-0.39, 0.29) is 17.8 Å². The number of aromatic nitrogens is 1. The molecule has 5 rings (SSSR count). The molecule has 1 aromatic heterocycles. The molecule has 0 saturated heterocycles. The van der Waals surface area contributed by atoms with Gasteiger partial charge in [0, 0.05) is 52.0 Å². The Labute approximate surface area is 246 Å². The molecule has 0 radical (unpaired) electrons. The van der Waals surface area contributed by atoms with Gasteiger partial charge in [-0.25, -0.2) is 0 Å². The SMILES string of the molecule is CCCc1cc(C(Cc2cccc([N+](=O)[O-])c2)C(=O)O)c(SC)c2c1c1ccccc1n2Cc1cccc([N+](=O)[O-])c1. The van der Waals surface area contributed by atoms with Crippen molar-refractivity contribution < 1.29 is 19.7 Å². The third kappa shape index (κ3) is 5.45. The van der Waals surface area contributed by atoms with E-state index in [0.29, 0.717) is 17.7 Å². The summed E-state index contributed by atoms with van der Waals surface area (Å²) < 4.78 is 2.13. The number of nitro groups is 2. The summed E-state index contributed by atoms with van der Waals surface area (Å²) in [7, 11) is 0. The molecule has 0 aliphatic carbocycles. The Morgan fingerprint density at radius 1 is 0.929 bits per heavy atom. The van der Waals surface area contributed by atoms with Crippen LogP contribution in [0.15, 0.2) is 83.8 Å². The molecule has 0 fully saturated rings. The number of nitro benzene ring substituents is 2. The number of nitrogens with zero attached hydrogens (tertiary/aromatic N) is 3. The summed E-state index contributed by atoms with van der Waals surface area (Å²) in [5.74, 6) is -1.96. The fourth-order valence-electron chi connectivity index (χ4n) is 5.74. The van der Waals surface area contributed by atoms with Gasteiger partial charge in [0.1, 0.15) is 0 Å². The molecule has 5 aromatic rings. The molecule has 0 aliphatic rings. The van der Waals surface area contributed by atoms with E-state index in [1.165, 1.54) is 30.0 Å². The zero-order valence-electron chi connectivity index (χ0n) is 23.1. The second-order valence-electron chi connectivity index (χ2n) is 10.2. The van der Waals surface area contributed by atoms with Crippen LogP contribution in [0.2, 0.25) is 0 Å². The van der Waals surface area contributed by atoms with Gasteiger partial charge in [-0.15, -0.1) is 11.8 Å². The molecule has 0 aliphatic heterocycles. The van der Waals surface area contributed by atoms with E-state index >= 15 is 0 Å². The fraction of sp³-hybridized carbons (Fsp3) is 0.219. The highest BCUT2D eigenvalue weighted by molar-refractivity contribution is 7.98. The molecule has 1 heterocycles. The van der Waals surface area contributed by atoms with Crippen LogP contribution in [0.1, 0.15) is 41.5 Å². The average molecular weight is 584 g/mol. The predicted octanol–water partition coefficient (Wildman–Crippen LogP) is 7.74. The number of benzene rings is 4. The minimum absolute atomic E-state index is 0.00798. The highest BCUT2D eigenvalue weighted by atomic mass is 32.2. The van der Waals surface area contributed by atoms with Crippen molar-refractivity contribution in [1.82, 2.24) is 4.57 Å². The third-order valence-electron chi connectivity index (χ3n) is 7.52. The van der Waals surface area contributed by atoms with Crippen molar-refractivity contribution >= 4 is 50.9 Å². The van der Waals surface area contributed by atoms with E-state index in [4.69, 9.17) is 0 Å². The molecule has 0 bridgehead atoms. The largest absolute Gasteiger partial charge is 0.481 e. The zero-order valence-corrected chi connectivity index (χ0v) is 24.0. The van der Waals surface area contributed by atoms with E-state index in [9.17, 15) is 30.1 Å². The summed E-state index contributed by atoms with van der Waals surface area (Å²) in [6.45, 7) is 2.44. The minimum atomic E-state index is -1.01. The quantitative estimate of drug-likeness (QED) is 0.0956. The number of aliphatic carboxylic acids is 1. The van der Waals surface area contributed by atoms with Crippen LogP contribution in [0.3, 0.4) is 0 Å². The van der Waals surface area contributed by atoms with E-state index in [0.717, 1.165) is 50.7 Å². The van der Waals surface area contributed by atoms with Gasteiger partial charge < -0.3 is 9.67 Å². The highest BCUT2D eigenvalue weighted by Crippen LogP contribution is 2.43. The minimum Gasteiger partial charge on any atom is -0.481 e. The van der Waals surface area contributed by atoms with Crippen molar-refractivity contribution in [2.45, 2.75) is 43.5 Å². The van der Waals surface area contributed by atoms with Gasteiger partial charge >= 0.3 is 5.97 Å². The monoisotopic (exact) mass is 583 g/mol. The number of hydrogen-bond donors (Lipinski definition) is 1. The summed E-state index contributed by atoms with van der Waals surface area (Å²) in [6, 6.07) is 22.7. The molecule has 214 valence electrons. The van der Waals surface area contributed by atoms with Gasteiger partial charge in [-0.05, 0) is 47.4 Å². The maximum Gasteiger partial charge on any atom is 0.311 e. The predicted molar refractivity (Wildman–Crippen MR) is 165 cm³/mol. The maximum absolute atomic E-state index is 12.8. The Morgan fingerprint density at radius 2 is 1.57 bits per heavy atom. The van der Waals surface area contributed by atoms with Crippen LogP contribution in [0.4, 0.5) is 11.4 Å². The molecule has 1 atom stereocenters. The van der Waals surface area contributed by atoms with Crippen molar-refractivity contribution in [3.63, 3.8) is 0 Å². The third-order valence-corrected chi connectivity index (χ3v) is 8.36. The number of para-hydroxylation sites is 1. The lowest BCUT2D eigenvalue weighted by molar-refractivity contribution is -0.385. The van der Waals surface area contributed by atoms with Crippen LogP contribution < -0.4 is 0 Å². The number of aryl methyl sites for hydroxylation is 1. The van der Waals surface area contributed by atoms with E-state index in [2.05, 4.69) is 17.6 Å². The Kier molecular flexibility index (Phi) is 8.26. The van der Waals surface area contributed by atoms with Gasteiger partial charge in [0.05, 0.1) is 21.3 Å². The summed E-state index contributed by atoms with van der Waals surface area (Å²) in [6.07, 6.45) is 3.58. The zero-order chi connectivity index (χ0) is 30.0. The number of thioether (sulfide) groups is 1. The highest BCUT2D eigenvalue weighted by Gasteiger charge is 2.29. The van der Waals surface area contributed by atoms with E-state index < -0.39 is 21.7 Å². The van der Waals surface area contributed by atoms with Gasteiger partial charge in [-0.3, -0.25) is 25.0 Å². The lowest BCUT2D eigenvalue weighted by Crippen LogP contribution is -2.16. The van der Waals surface area contributed by atoms with Crippen LogP contribution in [-0.2, 0) is 24.2 Å². The number of non-ortho nitro benzene ring substituents is 2. The Balaban J connectivity index is 1.78. The van der Waals surface area contributed by atoms with Crippen molar-refractivity contribution in [3.8, 4) is 0 Å². The standard InChI is InChI=1S/C32H29N3O6S/c1-3-8-22-18-26(27(32(36)37)17-20-9-6-11-23(15-20)34(38)39)31(42-2)30-29(22)25-13-4-5-14-28(25)33(30)19-21-10-7-12-24(16-21)35(40)41/h4-7,9-16,18,27H,3,8,17,19H2,1-2H3,(H,36,37). The first-order valence-corrected chi connectivity index (χ1v) is 14.8. The number of carboxylic acid groups (broad SMARTS) is 1. The molecule has 4 aromatic carbocycles. The summed E-state index contributed by atoms with van der Waals surface area (Å²) in [5.41, 5.74) is 4.77. The lowest BCUT2D eigenvalue weighted by atomic mass is 9.88. The lowest BCUT2D eigenvalue weighted by Gasteiger charge is -2.21. The molecule has 9 nitrogen and oxygen atoms in total. The smallest absolute Gasteiger partial charge is 0.311 e. The van der Waals surface area contributed by atoms with E-state index in [1.54, 1.807) is 24.3 Å². The topological polar surface area (TPSA) is 129 Å². The van der Waals surface area contributed by atoms with Gasteiger partial charge in [0.15, 0.2) is 0 Å². The first-order chi connectivity index (χ1) is 20.2. The second-order valence-corrected chi connectivity index (χ2v) is 11.0. The number of carboxylic acids is 1. The number of carbonyl (C=O) groups is 1. The maximum atomic E-state index is 12.8. The molecule has 0 amide bonds. The summed E-state index contributed by atoms with van der Waals surface area (Å²) in [4.78, 5) is 35.6. The van der Waals surface area contributed by atoms with Crippen molar-refractivity contribution in [3.05, 3.63) is 121 Å². The number of rotatable bonds is 11. The average Bonchev–Trinajstić information content (AvgIpc) is 3.30. The van der Waals surface area contributed by atoms with Crippen LogP contribution in [0.5, 0.6) is 0 Å². The van der Waals surface area contributed by atoms with Gasteiger partial charge in [-0.2, -0.15) is 0 Å². The molecular weight excluding hydrogens is 554 g/mol. The van der Waals surface area contributed by atoms with Crippen LogP contribution in [0, 0.1) is 20.2 Å². The molecule has 1 N–H and O–H groups in total.